The molecule has 4 heterocycles. The van der Waals surface area contributed by atoms with Crippen molar-refractivity contribution >= 4 is 22.5 Å². The monoisotopic (exact) mass is 376 g/mol. The standard InChI is InChI=1S/C15H16ClFN4O2.K/c16-12-10(17)11-9(7-18-12)13(22)20-14(19-11)23-8-15-3-1-5-21(15)6-2-4-15;/h7H,1-6,8H2,(H,19,20,22);/q;+1/p-1. The van der Waals surface area contributed by atoms with Gasteiger partial charge < -0.3 is 9.84 Å². The van der Waals surface area contributed by atoms with Crippen LogP contribution in [0, 0.1) is 5.82 Å². The Morgan fingerprint density at radius 2 is 2.00 bits per heavy atom. The van der Waals surface area contributed by atoms with Gasteiger partial charge in [0.15, 0.2) is 11.0 Å². The Bertz CT molecular complexity index is 769. The predicted octanol–water partition coefficient (Wildman–Crippen LogP) is -1.10. The van der Waals surface area contributed by atoms with Crippen molar-refractivity contribution < 1.29 is 65.6 Å². The van der Waals surface area contributed by atoms with Crippen molar-refractivity contribution in [1.29, 1.82) is 0 Å². The summed E-state index contributed by atoms with van der Waals surface area (Å²) in [6, 6.07) is -0.100. The average molecular weight is 377 g/mol. The third-order valence-electron chi connectivity index (χ3n) is 4.87. The van der Waals surface area contributed by atoms with Crippen molar-refractivity contribution in [1.82, 2.24) is 19.9 Å². The van der Waals surface area contributed by atoms with Crippen molar-refractivity contribution in [2.75, 3.05) is 19.7 Å². The SMILES string of the molecule is [K+].[O-]c1nc(OCC23CCCN2CCC3)nc2c(F)c(Cl)ncc12. The van der Waals surface area contributed by atoms with Crippen LogP contribution in [-0.2, 0) is 0 Å². The van der Waals surface area contributed by atoms with E-state index in [-0.39, 0.29) is 79.0 Å². The van der Waals surface area contributed by atoms with Crippen molar-refractivity contribution in [2.45, 2.75) is 31.2 Å². The van der Waals surface area contributed by atoms with Gasteiger partial charge in [-0.15, -0.1) is 0 Å². The molecule has 6 nitrogen and oxygen atoms in total. The molecule has 0 N–H and O–H groups in total. The quantitative estimate of drug-likeness (QED) is 0.500. The minimum Gasteiger partial charge on any atom is -0.858 e. The van der Waals surface area contributed by atoms with Crippen molar-refractivity contribution in [3.8, 4) is 11.9 Å². The zero-order chi connectivity index (χ0) is 16.0. The Balaban J connectivity index is 0.00000169. The summed E-state index contributed by atoms with van der Waals surface area (Å²) in [6.07, 6.45) is 5.60. The molecule has 0 spiro atoms. The van der Waals surface area contributed by atoms with Gasteiger partial charge in [0.25, 0.3) is 0 Å². The third kappa shape index (κ3) is 3.18. The largest absolute Gasteiger partial charge is 1.00 e. The predicted molar refractivity (Wildman–Crippen MR) is 80.0 cm³/mol. The summed E-state index contributed by atoms with van der Waals surface area (Å²) >= 11 is 5.65. The zero-order valence-electron chi connectivity index (χ0n) is 13.4. The van der Waals surface area contributed by atoms with E-state index in [0.717, 1.165) is 38.8 Å². The normalized spacial score (nSPS) is 19.2. The molecule has 0 radical (unpaired) electrons. The molecule has 4 rings (SSSR count). The molecule has 2 aliphatic rings. The number of pyridine rings is 1. The van der Waals surface area contributed by atoms with E-state index in [1.54, 1.807) is 0 Å². The van der Waals surface area contributed by atoms with Crippen LogP contribution in [0.15, 0.2) is 6.20 Å². The molecule has 0 aliphatic carbocycles. The van der Waals surface area contributed by atoms with Crippen LogP contribution in [-0.4, -0.2) is 45.1 Å². The molecule has 0 atom stereocenters. The topological polar surface area (TPSA) is 74.2 Å². The van der Waals surface area contributed by atoms with Crippen molar-refractivity contribution in [3.05, 3.63) is 17.2 Å². The van der Waals surface area contributed by atoms with Crippen LogP contribution in [0.5, 0.6) is 11.9 Å². The fourth-order valence-electron chi connectivity index (χ4n) is 3.71. The van der Waals surface area contributed by atoms with E-state index in [4.69, 9.17) is 16.3 Å². The minimum absolute atomic E-state index is 0. The first kappa shape index (κ1) is 18.7. The van der Waals surface area contributed by atoms with E-state index in [9.17, 15) is 9.50 Å². The van der Waals surface area contributed by atoms with Crippen molar-refractivity contribution in [3.63, 3.8) is 0 Å². The molecule has 0 unspecified atom stereocenters. The minimum atomic E-state index is -0.824. The summed E-state index contributed by atoms with van der Waals surface area (Å²) in [7, 11) is 0. The second kappa shape index (κ2) is 7.26. The molecule has 2 saturated heterocycles. The number of ether oxygens (including phenoxy) is 1. The summed E-state index contributed by atoms with van der Waals surface area (Å²) in [4.78, 5) is 13.8. The molecular formula is C15H15ClFKN4O2. The number of fused-ring (bicyclic) bond motifs is 2. The number of hydrogen-bond acceptors (Lipinski definition) is 6. The molecule has 2 aliphatic heterocycles. The molecule has 2 aromatic heterocycles. The summed E-state index contributed by atoms with van der Waals surface area (Å²) in [5.74, 6) is -1.43. The average Bonchev–Trinajstić information content (AvgIpc) is 3.09. The second-order valence-electron chi connectivity index (χ2n) is 6.14. The molecule has 0 saturated carbocycles. The van der Waals surface area contributed by atoms with E-state index in [1.807, 2.05) is 0 Å². The van der Waals surface area contributed by atoms with E-state index in [1.165, 1.54) is 6.20 Å². The number of hydrogen-bond donors (Lipinski definition) is 0. The maximum absolute atomic E-state index is 14.0. The molecule has 0 amide bonds. The van der Waals surface area contributed by atoms with Gasteiger partial charge in [0, 0.05) is 17.5 Å². The number of nitrogens with zero attached hydrogens (tertiary/aromatic N) is 4. The van der Waals surface area contributed by atoms with Gasteiger partial charge in [-0.25, -0.2) is 14.4 Å². The van der Waals surface area contributed by atoms with Gasteiger partial charge in [0.05, 0.1) is 5.54 Å². The molecule has 122 valence electrons. The third-order valence-corrected chi connectivity index (χ3v) is 5.13. The van der Waals surface area contributed by atoms with Gasteiger partial charge in [-0.1, -0.05) is 11.6 Å². The first-order valence-electron chi connectivity index (χ1n) is 7.66. The van der Waals surface area contributed by atoms with E-state index >= 15 is 0 Å². The maximum Gasteiger partial charge on any atom is 1.00 e. The molecule has 2 aromatic rings. The molecule has 9 heteroatoms. The first-order chi connectivity index (χ1) is 11.1. The zero-order valence-corrected chi connectivity index (χ0v) is 17.3. The Kier molecular flexibility index (Phi) is 5.66. The summed E-state index contributed by atoms with van der Waals surface area (Å²) < 4.78 is 19.7. The Morgan fingerprint density at radius 1 is 1.29 bits per heavy atom. The first-order valence-corrected chi connectivity index (χ1v) is 8.03. The van der Waals surface area contributed by atoms with Crippen LogP contribution in [0.3, 0.4) is 0 Å². The molecule has 2 fully saturated rings. The fourth-order valence-corrected chi connectivity index (χ4v) is 3.85. The second-order valence-corrected chi connectivity index (χ2v) is 6.50. The summed E-state index contributed by atoms with van der Waals surface area (Å²) in [5.41, 5.74) is -0.136. The maximum atomic E-state index is 14.0. The summed E-state index contributed by atoms with van der Waals surface area (Å²) in [6.45, 7) is 2.56. The van der Waals surface area contributed by atoms with Crippen molar-refractivity contribution in [2.24, 2.45) is 0 Å². The molecular weight excluding hydrogens is 362 g/mol. The Hall–Kier alpha value is -0.0936. The van der Waals surface area contributed by atoms with Crippen LogP contribution in [0.1, 0.15) is 25.7 Å². The van der Waals surface area contributed by atoms with Gasteiger partial charge >= 0.3 is 57.4 Å². The fraction of sp³-hybridized carbons (Fsp3) is 0.533. The van der Waals surface area contributed by atoms with Gasteiger partial charge in [-0.2, -0.15) is 4.98 Å². The van der Waals surface area contributed by atoms with E-state index < -0.39 is 11.7 Å². The van der Waals surface area contributed by atoms with Crippen LogP contribution in [0.2, 0.25) is 5.15 Å². The Labute approximate surface area is 186 Å². The van der Waals surface area contributed by atoms with Gasteiger partial charge in [0.2, 0.25) is 0 Å². The molecule has 24 heavy (non-hydrogen) atoms. The van der Waals surface area contributed by atoms with Gasteiger partial charge in [-0.05, 0) is 38.8 Å². The Morgan fingerprint density at radius 3 is 2.71 bits per heavy atom. The summed E-state index contributed by atoms with van der Waals surface area (Å²) in [5, 5.41) is 11.7. The molecule has 0 aromatic carbocycles. The smallest absolute Gasteiger partial charge is 0.858 e. The van der Waals surface area contributed by atoms with Crippen LogP contribution in [0.4, 0.5) is 4.39 Å². The van der Waals surface area contributed by atoms with Crippen LogP contribution in [0.25, 0.3) is 10.9 Å². The van der Waals surface area contributed by atoms with Gasteiger partial charge in [0.1, 0.15) is 12.1 Å². The van der Waals surface area contributed by atoms with Gasteiger partial charge in [-0.3, -0.25) is 4.90 Å². The van der Waals surface area contributed by atoms with E-state index in [2.05, 4.69) is 19.9 Å². The molecule has 0 bridgehead atoms. The van der Waals surface area contributed by atoms with E-state index in [0.29, 0.717) is 6.61 Å². The van der Waals surface area contributed by atoms with Crippen LogP contribution >= 0.6 is 11.6 Å². The number of rotatable bonds is 3. The number of aromatic nitrogens is 3. The number of halogens is 2. The van der Waals surface area contributed by atoms with Crippen LogP contribution < -0.4 is 61.2 Å².